The standard InChI is InChI=1S/C15H9Cl3N2S2/c16-10-3-1-9(2-4-10)8-21-15-14(19-20-22-15)12-6-5-11(17)7-13(12)18/h1-7H,8H2. The average Bonchev–Trinajstić information content (AvgIpc) is 2.95. The number of aromatic nitrogens is 2. The summed E-state index contributed by atoms with van der Waals surface area (Å²) in [5.41, 5.74) is 2.83. The van der Waals surface area contributed by atoms with Gasteiger partial charge in [0.2, 0.25) is 0 Å². The lowest BCUT2D eigenvalue weighted by molar-refractivity contribution is 1.15. The Balaban J connectivity index is 1.81. The SMILES string of the molecule is Clc1ccc(CSc2snnc2-c2ccc(Cl)cc2Cl)cc1. The number of halogens is 3. The van der Waals surface area contributed by atoms with E-state index < -0.39 is 0 Å². The van der Waals surface area contributed by atoms with Crippen LogP contribution < -0.4 is 0 Å². The maximum Gasteiger partial charge on any atom is 0.121 e. The quantitative estimate of drug-likeness (QED) is 0.480. The second kappa shape index (κ2) is 7.20. The molecule has 0 aliphatic carbocycles. The monoisotopic (exact) mass is 386 g/mol. The number of thioether (sulfide) groups is 1. The summed E-state index contributed by atoms with van der Waals surface area (Å²) in [6.07, 6.45) is 0. The first kappa shape index (κ1) is 16.1. The molecule has 3 rings (SSSR count). The summed E-state index contributed by atoms with van der Waals surface area (Å²) in [5.74, 6) is 0.819. The largest absolute Gasteiger partial charge is 0.137 e. The topological polar surface area (TPSA) is 25.8 Å². The van der Waals surface area contributed by atoms with Crippen molar-refractivity contribution in [3.63, 3.8) is 0 Å². The third-order valence-electron chi connectivity index (χ3n) is 2.93. The van der Waals surface area contributed by atoms with Crippen molar-refractivity contribution in [2.45, 2.75) is 9.96 Å². The van der Waals surface area contributed by atoms with Crippen LogP contribution in [0.3, 0.4) is 0 Å². The van der Waals surface area contributed by atoms with E-state index in [0.717, 1.165) is 26.2 Å². The minimum Gasteiger partial charge on any atom is -0.137 e. The lowest BCUT2D eigenvalue weighted by Crippen LogP contribution is -1.84. The Morgan fingerprint density at radius 3 is 2.41 bits per heavy atom. The normalized spacial score (nSPS) is 10.9. The fraction of sp³-hybridized carbons (Fsp3) is 0.0667. The first-order chi connectivity index (χ1) is 10.6. The van der Waals surface area contributed by atoms with Crippen molar-refractivity contribution in [3.05, 3.63) is 63.1 Å². The van der Waals surface area contributed by atoms with Gasteiger partial charge in [0.15, 0.2) is 0 Å². The van der Waals surface area contributed by atoms with Crippen molar-refractivity contribution in [2.75, 3.05) is 0 Å². The maximum atomic E-state index is 6.26. The Bertz CT molecular complexity index is 788. The molecule has 0 bridgehead atoms. The second-order valence-corrected chi connectivity index (χ2v) is 7.73. The van der Waals surface area contributed by atoms with Crippen LogP contribution in [-0.4, -0.2) is 9.59 Å². The molecule has 0 amide bonds. The molecule has 0 saturated carbocycles. The Labute approximate surface area is 151 Å². The Morgan fingerprint density at radius 1 is 0.955 bits per heavy atom. The van der Waals surface area contributed by atoms with E-state index >= 15 is 0 Å². The Morgan fingerprint density at radius 2 is 1.68 bits per heavy atom. The van der Waals surface area contributed by atoms with Gasteiger partial charge >= 0.3 is 0 Å². The number of nitrogens with zero attached hydrogens (tertiary/aromatic N) is 2. The van der Waals surface area contributed by atoms with Crippen LogP contribution in [0.15, 0.2) is 46.7 Å². The Kier molecular flexibility index (Phi) is 5.26. The molecule has 2 aromatic carbocycles. The van der Waals surface area contributed by atoms with Crippen molar-refractivity contribution >= 4 is 58.1 Å². The molecule has 22 heavy (non-hydrogen) atoms. The smallest absolute Gasteiger partial charge is 0.121 e. The minimum absolute atomic E-state index is 0.577. The van der Waals surface area contributed by atoms with E-state index in [1.807, 2.05) is 30.3 Å². The molecule has 7 heteroatoms. The fourth-order valence-corrected chi connectivity index (χ4v) is 4.18. The van der Waals surface area contributed by atoms with Crippen LogP contribution in [0.1, 0.15) is 5.56 Å². The fourth-order valence-electron chi connectivity index (χ4n) is 1.85. The van der Waals surface area contributed by atoms with Crippen LogP contribution in [0.25, 0.3) is 11.3 Å². The summed E-state index contributed by atoms with van der Waals surface area (Å²) >= 11 is 21.1. The molecular formula is C15H9Cl3N2S2. The molecule has 1 aromatic heterocycles. The van der Waals surface area contributed by atoms with Gasteiger partial charge in [-0.1, -0.05) is 51.4 Å². The Hall–Kier alpha value is -0.780. The highest BCUT2D eigenvalue weighted by molar-refractivity contribution is 8.00. The number of hydrogen-bond donors (Lipinski definition) is 0. The predicted molar refractivity (Wildman–Crippen MR) is 96.4 cm³/mol. The van der Waals surface area contributed by atoms with Gasteiger partial charge in [-0.15, -0.1) is 16.9 Å². The van der Waals surface area contributed by atoms with E-state index in [0.29, 0.717) is 10.0 Å². The molecular weight excluding hydrogens is 379 g/mol. The molecule has 0 radical (unpaired) electrons. The van der Waals surface area contributed by atoms with E-state index in [1.165, 1.54) is 17.1 Å². The molecule has 112 valence electrons. The van der Waals surface area contributed by atoms with Gasteiger partial charge in [0.05, 0.1) is 5.02 Å². The van der Waals surface area contributed by atoms with Crippen molar-refractivity contribution < 1.29 is 0 Å². The van der Waals surface area contributed by atoms with Gasteiger partial charge in [0.25, 0.3) is 0 Å². The molecule has 0 fully saturated rings. The van der Waals surface area contributed by atoms with Crippen LogP contribution in [-0.2, 0) is 5.75 Å². The second-order valence-electron chi connectivity index (χ2n) is 4.45. The minimum atomic E-state index is 0.577. The zero-order chi connectivity index (χ0) is 15.5. The van der Waals surface area contributed by atoms with E-state index in [2.05, 4.69) is 9.59 Å². The molecule has 2 nitrogen and oxygen atoms in total. The first-order valence-electron chi connectivity index (χ1n) is 6.28. The van der Waals surface area contributed by atoms with Crippen molar-refractivity contribution in [2.24, 2.45) is 0 Å². The van der Waals surface area contributed by atoms with Gasteiger partial charge in [-0.3, -0.25) is 0 Å². The molecule has 0 aliphatic heterocycles. The van der Waals surface area contributed by atoms with Crippen LogP contribution in [0, 0.1) is 0 Å². The van der Waals surface area contributed by atoms with Crippen LogP contribution in [0.2, 0.25) is 15.1 Å². The summed E-state index contributed by atoms with van der Waals surface area (Å²) in [7, 11) is 0. The summed E-state index contributed by atoms with van der Waals surface area (Å²) in [6.45, 7) is 0. The maximum absolute atomic E-state index is 6.26. The van der Waals surface area contributed by atoms with Crippen molar-refractivity contribution in [1.29, 1.82) is 0 Å². The zero-order valence-electron chi connectivity index (χ0n) is 11.1. The zero-order valence-corrected chi connectivity index (χ0v) is 15.0. The van der Waals surface area contributed by atoms with Crippen molar-refractivity contribution in [1.82, 2.24) is 9.59 Å². The molecule has 0 atom stereocenters. The average molecular weight is 388 g/mol. The van der Waals surface area contributed by atoms with Gasteiger partial charge < -0.3 is 0 Å². The highest BCUT2D eigenvalue weighted by atomic mass is 35.5. The van der Waals surface area contributed by atoms with Crippen molar-refractivity contribution in [3.8, 4) is 11.3 Å². The summed E-state index contributed by atoms with van der Waals surface area (Å²) in [6, 6.07) is 13.2. The van der Waals surface area contributed by atoms with Crippen LogP contribution in [0.4, 0.5) is 0 Å². The van der Waals surface area contributed by atoms with Crippen LogP contribution in [0.5, 0.6) is 0 Å². The van der Waals surface area contributed by atoms with E-state index in [1.54, 1.807) is 23.9 Å². The van der Waals surface area contributed by atoms with Gasteiger partial charge in [-0.05, 0) is 47.4 Å². The number of rotatable bonds is 4. The lowest BCUT2D eigenvalue weighted by Gasteiger charge is -2.04. The summed E-state index contributed by atoms with van der Waals surface area (Å²) < 4.78 is 5.07. The third-order valence-corrected chi connectivity index (χ3v) is 5.76. The summed E-state index contributed by atoms with van der Waals surface area (Å²) in [5, 5.41) is 6.12. The van der Waals surface area contributed by atoms with Gasteiger partial charge in [-0.2, -0.15) is 0 Å². The molecule has 1 heterocycles. The third kappa shape index (κ3) is 3.76. The van der Waals surface area contributed by atoms with E-state index in [9.17, 15) is 0 Å². The number of hydrogen-bond acceptors (Lipinski definition) is 4. The molecule has 0 unspecified atom stereocenters. The highest BCUT2D eigenvalue weighted by Crippen LogP contribution is 2.38. The van der Waals surface area contributed by atoms with Gasteiger partial charge in [-0.25, -0.2) is 0 Å². The van der Waals surface area contributed by atoms with Gasteiger partial charge in [0.1, 0.15) is 9.90 Å². The van der Waals surface area contributed by atoms with E-state index in [-0.39, 0.29) is 0 Å². The van der Waals surface area contributed by atoms with E-state index in [4.69, 9.17) is 34.8 Å². The van der Waals surface area contributed by atoms with Crippen LogP contribution >= 0.6 is 58.1 Å². The lowest BCUT2D eigenvalue weighted by atomic mass is 10.2. The van der Waals surface area contributed by atoms with Gasteiger partial charge in [0, 0.05) is 21.4 Å². The molecule has 0 saturated heterocycles. The molecule has 0 aliphatic rings. The first-order valence-corrected chi connectivity index (χ1v) is 9.18. The predicted octanol–water partition coefficient (Wildman–Crippen LogP) is 6.46. The molecule has 3 aromatic rings. The summed E-state index contributed by atoms with van der Waals surface area (Å²) in [4.78, 5) is 0. The number of benzene rings is 2. The molecule has 0 N–H and O–H groups in total. The highest BCUT2D eigenvalue weighted by Gasteiger charge is 2.14. The molecule has 0 spiro atoms.